The van der Waals surface area contributed by atoms with Crippen molar-refractivity contribution in [3.8, 4) is 0 Å². The van der Waals surface area contributed by atoms with Crippen molar-refractivity contribution in [2.24, 2.45) is 0 Å². The molecule has 0 bridgehead atoms. The summed E-state index contributed by atoms with van der Waals surface area (Å²) in [5.41, 5.74) is 1.65. The zero-order valence-corrected chi connectivity index (χ0v) is 9.86. The van der Waals surface area contributed by atoms with Crippen molar-refractivity contribution in [1.82, 2.24) is 15.1 Å². The smallest absolute Gasteiger partial charge is 0.126 e. The maximum atomic E-state index is 13.3. The molecule has 1 N–H and O–H groups in total. The molecule has 17 heavy (non-hydrogen) atoms. The average Bonchev–Trinajstić information content (AvgIpc) is 2.82. The first-order valence-corrected chi connectivity index (χ1v) is 5.69. The van der Waals surface area contributed by atoms with Crippen LogP contribution in [0.5, 0.6) is 0 Å². The summed E-state index contributed by atoms with van der Waals surface area (Å²) < 4.78 is 15.1. The lowest BCUT2D eigenvalue weighted by molar-refractivity contribution is 0.552. The summed E-state index contributed by atoms with van der Waals surface area (Å²) in [6.07, 6.45) is 3.68. The van der Waals surface area contributed by atoms with Gasteiger partial charge in [0.05, 0.1) is 6.54 Å². The zero-order valence-electron chi connectivity index (χ0n) is 9.86. The second-order valence-electron chi connectivity index (χ2n) is 4.03. The predicted octanol–water partition coefficient (Wildman–Crippen LogP) is 2.12. The summed E-state index contributed by atoms with van der Waals surface area (Å²) in [4.78, 5) is 0. The van der Waals surface area contributed by atoms with Crippen molar-refractivity contribution in [3.63, 3.8) is 0 Å². The average molecular weight is 233 g/mol. The summed E-state index contributed by atoms with van der Waals surface area (Å²) >= 11 is 0. The standard InChI is InChI=1S/C13H16FN3/c1-11-3-4-12(9-13(11)14)10-15-6-8-17-7-2-5-16-17/h2-5,7,9,15H,6,8,10H2,1H3. The molecule has 0 saturated carbocycles. The van der Waals surface area contributed by atoms with Crippen LogP contribution in [0.1, 0.15) is 11.1 Å². The van der Waals surface area contributed by atoms with E-state index in [4.69, 9.17) is 0 Å². The first-order chi connectivity index (χ1) is 8.25. The highest BCUT2D eigenvalue weighted by Crippen LogP contribution is 2.08. The first-order valence-electron chi connectivity index (χ1n) is 5.69. The van der Waals surface area contributed by atoms with E-state index >= 15 is 0 Å². The minimum Gasteiger partial charge on any atom is -0.311 e. The number of nitrogens with zero attached hydrogens (tertiary/aromatic N) is 2. The number of hydrogen-bond acceptors (Lipinski definition) is 2. The van der Waals surface area contributed by atoms with Crippen LogP contribution in [0.25, 0.3) is 0 Å². The van der Waals surface area contributed by atoms with Gasteiger partial charge >= 0.3 is 0 Å². The van der Waals surface area contributed by atoms with Crippen LogP contribution in [0.4, 0.5) is 4.39 Å². The summed E-state index contributed by atoms with van der Waals surface area (Å²) in [6.45, 7) is 4.08. The largest absolute Gasteiger partial charge is 0.311 e. The van der Waals surface area contributed by atoms with E-state index in [0.29, 0.717) is 12.1 Å². The molecule has 0 spiro atoms. The van der Waals surface area contributed by atoms with Crippen LogP contribution in [0.2, 0.25) is 0 Å². The molecular weight excluding hydrogens is 217 g/mol. The quantitative estimate of drug-likeness (QED) is 0.802. The van der Waals surface area contributed by atoms with E-state index in [1.54, 1.807) is 25.3 Å². The van der Waals surface area contributed by atoms with Crippen LogP contribution in [0.15, 0.2) is 36.7 Å². The molecule has 0 fully saturated rings. The van der Waals surface area contributed by atoms with E-state index in [0.717, 1.165) is 18.7 Å². The second-order valence-corrected chi connectivity index (χ2v) is 4.03. The van der Waals surface area contributed by atoms with E-state index in [1.165, 1.54) is 0 Å². The molecule has 0 atom stereocenters. The van der Waals surface area contributed by atoms with Crippen molar-refractivity contribution in [3.05, 3.63) is 53.6 Å². The van der Waals surface area contributed by atoms with E-state index in [-0.39, 0.29) is 5.82 Å². The minimum atomic E-state index is -0.142. The highest BCUT2D eigenvalue weighted by Gasteiger charge is 1.99. The summed E-state index contributed by atoms with van der Waals surface area (Å²) in [7, 11) is 0. The Kier molecular flexibility index (Phi) is 3.88. The Hall–Kier alpha value is -1.68. The van der Waals surface area contributed by atoms with Crippen LogP contribution >= 0.6 is 0 Å². The molecule has 0 radical (unpaired) electrons. The van der Waals surface area contributed by atoms with E-state index < -0.39 is 0 Å². The monoisotopic (exact) mass is 233 g/mol. The van der Waals surface area contributed by atoms with Gasteiger partial charge in [-0.3, -0.25) is 4.68 Å². The number of rotatable bonds is 5. The number of aromatic nitrogens is 2. The molecule has 3 nitrogen and oxygen atoms in total. The summed E-state index contributed by atoms with van der Waals surface area (Å²) in [5, 5.41) is 7.36. The third kappa shape index (κ3) is 3.39. The van der Waals surface area contributed by atoms with Crippen molar-refractivity contribution >= 4 is 0 Å². The fourth-order valence-corrected chi connectivity index (χ4v) is 1.61. The Morgan fingerprint density at radius 2 is 2.29 bits per heavy atom. The van der Waals surface area contributed by atoms with Crippen molar-refractivity contribution < 1.29 is 4.39 Å². The van der Waals surface area contributed by atoms with E-state index in [9.17, 15) is 4.39 Å². The number of benzene rings is 1. The predicted molar refractivity (Wildman–Crippen MR) is 65.1 cm³/mol. The fourth-order valence-electron chi connectivity index (χ4n) is 1.61. The third-order valence-electron chi connectivity index (χ3n) is 2.64. The zero-order chi connectivity index (χ0) is 12.1. The topological polar surface area (TPSA) is 29.9 Å². The molecule has 0 amide bonds. The lowest BCUT2D eigenvalue weighted by atomic mass is 10.1. The Labute approximate surface area is 100 Å². The normalized spacial score (nSPS) is 10.7. The van der Waals surface area contributed by atoms with Gasteiger partial charge in [-0.1, -0.05) is 12.1 Å². The lowest BCUT2D eigenvalue weighted by Gasteiger charge is -2.06. The van der Waals surface area contributed by atoms with Gasteiger partial charge in [0, 0.05) is 25.5 Å². The molecule has 0 unspecified atom stereocenters. The molecule has 4 heteroatoms. The van der Waals surface area contributed by atoms with Gasteiger partial charge in [-0.25, -0.2) is 4.39 Å². The molecule has 1 heterocycles. The second kappa shape index (κ2) is 5.59. The van der Waals surface area contributed by atoms with Gasteiger partial charge in [0.2, 0.25) is 0 Å². The fraction of sp³-hybridized carbons (Fsp3) is 0.308. The number of nitrogens with one attached hydrogen (secondary N) is 1. The molecule has 0 saturated heterocycles. The highest BCUT2D eigenvalue weighted by atomic mass is 19.1. The van der Waals surface area contributed by atoms with Gasteiger partial charge in [-0.15, -0.1) is 0 Å². The first kappa shape index (κ1) is 11.8. The molecule has 2 aromatic rings. The molecular formula is C13H16FN3. The van der Waals surface area contributed by atoms with Crippen molar-refractivity contribution in [1.29, 1.82) is 0 Å². The van der Waals surface area contributed by atoms with Crippen LogP contribution in [-0.4, -0.2) is 16.3 Å². The number of hydrogen-bond donors (Lipinski definition) is 1. The molecule has 90 valence electrons. The summed E-state index contributed by atoms with van der Waals surface area (Å²) in [6, 6.07) is 7.23. The van der Waals surface area contributed by atoms with Gasteiger partial charge in [0.15, 0.2) is 0 Å². The molecule has 2 rings (SSSR count). The lowest BCUT2D eigenvalue weighted by Crippen LogP contribution is -2.19. The van der Waals surface area contributed by atoms with Gasteiger partial charge < -0.3 is 5.32 Å². The Morgan fingerprint density at radius 3 is 3.00 bits per heavy atom. The summed E-state index contributed by atoms with van der Waals surface area (Å²) in [5.74, 6) is -0.142. The highest BCUT2D eigenvalue weighted by molar-refractivity contribution is 5.23. The van der Waals surface area contributed by atoms with Gasteiger partial charge in [0.1, 0.15) is 5.82 Å². The maximum Gasteiger partial charge on any atom is 0.126 e. The van der Waals surface area contributed by atoms with Crippen molar-refractivity contribution in [2.75, 3.05) is 6.54 Å². The Bertz CT molecular complexity index is 466. The number of halogens is 1. The molecule has 0 aliphatic heterocycles. The van der Waals surface area contributed by atoms with Gasteiger partial charge in [-0.05, 0) is 30.2 Å². The SMILES string of the molecule is Cc1ccc(CNCCn2cccn2)cc1F. The van der Waals surface area contributed by atoms with Gasteiger partial charge in [-0.2, -0.15) is 5.10 Å². The number of aryl methyl sites for hydroxylation is 1. The molecule has 1 aromatic carbocycles. The third-order valence-corrected chi connectivity index (χ3v) is 2.64. The van der Waals surface area contributed by atoms with Crippen LogP contribution in [-0.2, 0) is 13.1 Å². The van der Waals surface area contributed by atoms with E-state index in [2.05, 4.69) is 10.4 Å². The van der Waals surface area contributed by atoms with Crippen LogP contribution in [0, 0.1) is 12.7 Å². The molecule has 0 aliphatic rings. The molecule has 0 aliphatic carbocycles. The van der Waals surface area contributed by atoms with Crippen LogP contribution in [0.3, 0.4) is 0 Å². The maximum absolute atomic E-state index is 13.3. The van der Waals surface area contributed by atoms with Gasteiger partial charge in [0.25, 0.3) is 0 Å². The minimum absolute atomic E-state index is 0.142. The van der Waals surface area contributed by atoms with Crippen molar-refractivity contribution in [2.45, 2.75) is 20.0 Å². The van der Waals surface area contributed by atoms with E-state index in [1.807, 2.05) is 23.0 Å². The Balaban J connectivity index is 1.76. The Morgan fingerprint density at radius 1 is 1.41 bits per heavy atom. The van der Waals surface area contributed by atoms with Crippen LogP contribution < -0.4 is 5.32 Å². The molecule has 1 aromatic heterocycles.